The van der Waals surface area contributed by atoms with E-state index in [2.05, 4.69) is 4.98 Å². The van der Waals surface area contributed by atoms with E-state index in [-0.39, 0.29) is 12.5 Å². The number of hydrogen-bond acceptors (Lipinski definition) is 5. The second kappa shape index (κ2) is 8.14. The first-order valence-electron chi connectivity index (χ1n) is 10.1. The van der Waals surface area contributed by atoms with Crippen LogP contribution >= 0.6 is 0 Å². The molecule has 0 aliphatic carbocycles. The summed E-state index contributed by atoms with van der Waals surface area (Å²) in [4.78, 5) is 44.6. The molecule has 2 aliphatic heterocycles. The van der Waals surface area contributed by atoms with Crippen LogP contribution in [0.3, 0.4) is 0 Å². The number of aromatic nitrogens is 1. The number of nitrogen functional groups attached to an aromatic ring is 1. The summed E-state index contributed by atoms with van der Waals surface area (Å²) in [5.41, 5.74) is 7.40. The summed E-state index contributed by atoms with van der Waals surface area (Å²) in [6, 6.07) is 11.1. The molecular formula is C22H24N4O4. The number of likely N-dealkylation sites (tertiary alicyclic amines) is 2. The normalized spacial score (nSPS) is 23.7. The average molecular weight is 408 g/mol. The zero-order valence-corrected chi connectivity index (χ0v) is 16.5. The van der Waals surface area contributed by atoms with Crippen LogP contribution in [0.15, 0.2) is 48.7 Å². The maximum atomic E-state index is 13.3. The van der Waals surface area contributed by atoms with E-state index in [4.69, 9.17) is 5.73 Å². The molecule has 2 saturated heterocycles. The van der Waals surface area contributed by atoms with E-state index in [0.29, 0.717) is 12.4 Å². The number of amides is 3. The molecule has 0 bridgehead atoms. The molecule has 0 spiro atoms. The van der Waals surface area contributed by atoms with E-state index < -0.39 is 29.9 Å². The third kappa shape index (κ3) is 3.60. The summed E-state index contributed by atoms with van der Waals surface area (Å²) in [6.45, 7) is 0.500. The smallest absolute Gasteiger partial charge is 0.328 e. The van der Waals surface area contributed by atoms with E-state index in [1.807, 2.05) is 30.3 Å². The number of hydrogen-bond donors (Lipinski definition) is 2. The highest BCUT2D eigenvalue weighted by Gasteiger charge is 2.56. The molecule has 8 nitrogen and oxygen atoms in total. The third-order valence-corrected chi connectivity index (χ3v) is 5.91. The van der Waals surface area contributed by atoms with Crippen molar-refractivity contribution in [2.75, 3.05) is 12.3 Å². The number of nitrogens with two attached hydrogens (primary N) is 1. The molecule has 8 heteroatoms. The highest BCUT2D eigenvalue weighted by atomic mass is 16.4. The van der Waals surface area contributed by atoms with Crippen molar-refractivity contribution in [3.8, 4) is 0 Å². The lowest BCUT2D eigenvalue weighted by Crippen LogP contribution is -2.69. The Hall–Kier alpha value is -3.42. The number of piperidine rings is 1. The summed E-state index contributed by atoms with van der Waals surface area (Å²) < 4.78 is 0. The maximum absolute atomic E-state index is 13.3. The van der Waals surface area contributed by atoms with Crippen molar-refractivity contribution in [3.05, 3.63) is 59.8 Å². The van der Waals surface area contributed by atoms with Gasteiger partial charge in [-0.1, -0.05) is 30.3 Å². The number of pyridine rings is 1. The van der Waals surface area contributed by atoms with E-state index in [9.17, 15) is 19.5 Å². The number of benzene rings is 1. The van der Waals surface area contributed by atoms with Gasteiger partial charge in [-0.2, -0.15) is 0 Å². The average Bonchev–Trinajstić information content (AvgIpc) is 2.75. The number of carboxylic acids is 1. The quantitative estimate of drug-likeness (QED) is 0.751. The summed E-state index contributed by atoms with van der Waals surface area (Å²) in [6.07, 6.45) is 4.31. The Balaban J connectivity index is 1.55. The first-order chi connectivity index (χ1) is 14.5. The number of carbonyl (C=O) groups is 3. The van der Waals surface area contributed by atoms with E-state index >= 15 is 0 Å². The fraction of sp³-hybridized carbons (Fsp3) is 0.364. The monoisotopic (exact) mass is 408 g/mol. The lowest BCUT2D eigenvalue weighted by Gasteiger charge is -2.47. The standard InChI is InChI=1S/C22H24N4O4/c23-18-13-14(9-10-24-18)12-16-19(21(28)29)26(20(16)27)22(30)25-11-5-4-8-17(25)15-6-2-1-3-7-15/h1-3,6-7,9-10,13,16-17,19H,4-5,8,11-12H2,(H2,23,24)(H,28,29)/t16-,17?,19?/m1/s1. The van der Waals surface area contributed by atoms with Crippen LogP contribution in [-0.4, -0.2) is 50.4 Å². The Morgan fingerprint density at radius 3 is 2.63 bits per heavy atom. The number of urea groups is 1. The fourth-order valence-electron chi connectivity index (χ4n) is 4.44. The Bertz CT molecular complexity index is 965. The number of β-lactam (4-membered cyclic amide) rings is 1. The molecule has 2 aliphatic rings. The largest absolute Gasteiger partial charge is 0.480 e. The molecule has 2 fully saturated rings. The van der Waals surface area contributed by atoms with Gasteiger partial charge < -0.3 is 15.7 Å². The summed E-state index contributed by atoms with van der Waals surface area (Å²) >= 11 is 0. The van der Waals surface area contributed by atoms with E-state index in [1.54, 1.807) is 17.0 Å². The van der Waals surface area contributed by atoms with Gasteiger partial charge in [0.05, 0.1) is 12.0 Å². The summed E-state index contributed by atoms with van der Waals surface area (Å²) in [7, 11) is 0. The SMILES string of the molecule is Nc1cc(C[C@H]2C(=O)N(C(=O)N3CCCCC3c3ccccc3)C2C(=O)O)ccn1. The number of aliphatic carboxylic acids is 1. The van der Waals surface area contributed by atoms with Gasteiger partial charge in [0.1, 0.15) is 5.82 Å². The predicted octanol–water partition coefficient (Wildman–Crippen LogP) is 2.47. The summed E-state index contributed by atoms with van der Waals surface area (Å²) in [5, 5.41) is 9.75. The Kier molecular flexibility index (Phi) is 5.39. The number of nitrogens with zero attached hydrogens (tertiary/aromatic N) is 3. The molecule has 3 heterocycles. The minimum atomic E-state index is -1.18. The predicted molar refractivity (Wildman–Crippen MR) is 109 cm³/mol. The Labute approximate surface area is 174 Å². The number of rotatable bonds is 4. The van der Waals surface area contributed by atoms with Crippen LogP contribution in [0.5, 0.6) is 0 Å². The molecule has 3 atom stereocenters. The van der Waals surface area contributed by atoms with Crippen molar-refractivity contribution >= 4 is 23.7 Å². The van der Waals surface area contributed by atoms with Gasteiger partial charge in [0.15, 0.2) is 6.04 Å². The highest BCUT2D eigenvalue weighted by molar-refractivity contribution is 6.07. The van der Waals surface area contributed by atoms with E-state index in [1.165, 1.54) is 6.20 Å². The zero-order valence-electron chi connectivity index (χ0n) is 16.5. The van der Waals surface area contributed by atoms with Gasteiger partial charge in [-0.15, -0.1) is 0 Å². The molecule has 1 aromatic carbocycles. The molecule has 3 amide bonds. The van der Waals surface area contributed by atoms with Crippen molar-refractivity contribution in [1.82, 2.24) is 14.8 Å². The third-order valence-electron chi connectivity index (χ3n) is 5.91. The van der Waals surface area contributed by atoms with Crippen LogP contribution in [0.2, 0.25) is 0 Å². The molecule has 0 saturated carbocycles. The fourth-order valence-corrected chi connectivity index (χ4v) is 4.44. The molecule has 4 rings (SSSR count). The number of imide groups is 1. The Morgan fingerprint density at radius 2 is 1.93 bits per heavy atom. The maximum Gasteiger partial charge on any atom is 0.328 e. The van der Waals surface area contributed by atoms with Crippen molar-refractivity contribution in [2.45, 2.75) is 37.8 Å². The lowest BCUT2D eigenvalue weighted by atomic mass is 9.82. The lowest BCUT2D eigenvalue weighted by molar-refractivity contribution is -0.166. The van der Waals surface area contributed by atoms with Gasteiger partial charge in [0.25, 0.3) is 0 Å². The van der Waals surface area contributed by atoms with Crippen molar-refractivity contribution in [1.29, 1.82) is 0 Å². The van der Waals surface area contributed by atoms with Crippen molar-refractivity contribution in [2.24, 2.45) is 5.92 Å². The molecule has 0 radical (unpaired) electrons. The molecule has 30 heavy (non-hydrogen) atoms. The second-order valence-corrected chi connectivity index (χ2v) is 7.79. The minimum Gasteiger partial charge on any atom is -0.480 e. The molecule has 156 valence electrons. The van der Waals surface area contributed by atoms with Gasteiger partial charge in [-0.25, -0.2) is 19.5 Å². The Morgan fingerprint density at radius 1 is 1.17 bits per heavy atom. The van der Waals surface area contributed by atoms with Gasteiger partial charge in [-0.3, -0.25) is 4.79 Å². The molecule has 3 N–H and O–H groups in total. The van der Waals surface area contributed by atoms with Crippen LogP contribution in [-0.2, 0) is 16.0 Å². The zero-order chi connectivity index (χ0) is 21.3. The minimum absolute atomic E-state index is 0.159. The van der Waals surface area contributed by atoms with Gasteiger partial charge in [0.2, 0.25) is 5.91 Å². The van der Waals surface area contributed by atoms with Crippen LogP contribution in [0.1, 0.15) is 36.4 Å². The molecule has 2 aromatic rings. The number of carbonyl (C=O) groups excluding carboxylic acids is 2. The van der Waals surface area contributed by atoms with Crippen molar-refractivity contribution < 1.29 is 19.5 Å². The highest BCUT2D eigenvalue weighted by Crippen LogP contribution is 2.36. The topological polar surface area (TPSA) is 117 Å². The molecule has 2 unspecified atom stereocenters. The number of carboxylic acid groups (broad SMARTS) is 1. The molecule has 1 aromatic heterocycles. The van der Waals surface area contributed by atoms with Crippen LogP contribution < -0.4 is 5.73 Å². The molecular weight excluding hydrogens is 384 g/mol. The second-order valence-electron chi connectivity index (χ2n) is 7.79. The van der Waals surface area contributed by atoms with Crippen LogP contribution in [0, 0.1) is 5.92 Å². The van der Waals surface area contributed by atoms with Crippen LogP contribution in [0.25, 0.3) is 0 Å². The van der Waals surface area contributed by atoms with E-state index in [0.717, 1.165) is 35.3 Å². The van der Waals surface area contributed by atoms with Gasteiger partial charge in [0, 0.05) is 12.7 Å². The van der Waals surface area contributed by atoms with Gasteiger partial charge in [-0.05, 0) is 48.9 Å². The first kappa shape index (κ1) is 19.9. The van der Waals surface area contributed by atoms with Crippen molar-refractivity contribution in [3.63, 3.8) is 0 Å². The van der Waals surface area contributed by atoms with Crippen LogP contribution in [0.4, 0.5) is 10.6 Å². The van der Waals surface area contributed by atoms with Gasteiger partial charge >= 0.3 is 12.0 Å². The first-order valence-corrected chi connectivity index (χ1v) is 10.1. The summed E-state index contributed by atoms with van der Waals surface area (Å²) in [5.74, 6) is -2.13. The number of anilines is 1.